The number of piperazine rings is 1. The fourth-order valence-electron chi connectivity index (χ4n) is 3.22. The topological polar surface area (TPSA) is 110 Å². The molecule has 9 nitrogen and oxygen atoms in total. The highest BCUT2D eigenvalue weighted by Crippen LogP contribution is 2.31. The Morgan fingerprint density at radius 2 is 1.69 bits per heavy atom. The maximum atomic E-state index is 12.9. The van der Waals surface area contributed by atoms with E-state index < -0.39 is 20.6 Å². The van der Waals surface area contributed by atoms with Crippen LogP contribution in [0.3, 0.4) is 0 Å². The zero-order valence-electron chi connectivity index (χ0n) is 16.1. The molecule has 2 aromatic rings. The Balaban J connectivity index is 1.75. The molecule has 0 aromatic heterocycles. The summed E-state index contributed by atoms with van der Waals surface area (Å²) in [5, 5.41) is 11.2. The number of benzene rings is 2. The van der Waals surface area contributed by atoms with E-state index in [1.165, 1.54) is 30.5 Å². The van der Waals surface area contributed by atoms with E-state index in [2.05, 4.69) is 0 Å². The highest BCUT2D eigenvalue weighted by Gasteiger charge is 2.30. The average Bonchev–Trinajstić information content (AvgIpc) is 2.73. The van der Waals surface area contributed by atoms with Crippen LogP contribution in [-0.2, 0) is 10.0 Å². The molecule has 0 N–H and O–H groups in total. The predicted octanol–water partition coefficient (Wildman–Crippen LogP) is 2.32. The van der Waals surface area contributed by atoms with Gasteiger partial charge in [-0.25, -0.2) is 8.42 Å². The third-order valence-electron chi connectivity index (χ3n) is 4.86. The summed E-state index contributed by atoms with van der Waals surface area (Å²) in [5.74, 6) is -0.00572. The molecule has 3 rings (SSSR count). The maximum Gasteiger partial charge on any atom is 0.312 e. The van der Waals surface area contributed by atoms with Crippen LogP contribution in [0.2, 0.25) is 0 Å². The summed E-state index contributed by atoms with van der Waals surface area (Å²) in [4.78, 5) is 23.8. The molecule has 1 aliphatic rings. The van der Waals surface area contributed by atoms with Crippen molar-refractivity contribution in [2.24, 2.45) is 0 Å². The van der Waals surface area contributed by atoms with Crippen LogP contribution in [0, 0.1) is 10.1 Å². The summed E-state index contributed by atoms with van der Waals surface area (Å²) >= 11 is 0. The lowest BCUT2D eigenvalue weighted by molar-refractivity contribution is -0.386. The molecule has 29 heavy (non-hydrogen) atoms. The number of nitro benzene ring substituents is 1. The van der Waals surface area contributed by atoms with Crippen molar-refractivity contribution < 1.29 is 22.9 Å². The van der Waals surface area contributed by atoms with Crippen LogP contribution in [0.1, 0.15) is 17.3 Å². The van der Waals surface area contributed by atoms with Gasteiger partial charge >= 0.3 is 5.69 Å². The van der Waals surface area contributed by atoms with Crippen LogP contribution >= 0.6 is 0 Å². The van der Waals surface area contributed by atoms with E-state index in [0.717, 1.165) is 11.8 Å². The predicted molar refractivity (Wildman–Crippen MR) is 107 cm³/mol. The normalized spacial score (nSPS) is 15.2. The summed E-state index contributed by atoms with van der Waals surface area (Å²) in [6, 6.07) is 10.8. The minimum atomic E-state index is -3.86. The first kappa shape index (κ1) is 20.7. The van der Waals surface area contributed by atoms with E-state index in [1.807, 2.05) is 17.0 Å². The van der Waals surface area contributed by atoms with Gasteiger partial charge < -0.3 is 9.64 Å². The fourth-order valence-corrected chi connectivity index (χ4v) is 4.66. The number of carbonyl (C=O) groups is 1. The molecule has 0 saturated carbocycles. The molecule has 1 fully saturated rings. The molecular formula is C19H21N3O6S. The SMILES string of the molecule is COc1ccc(S(=O)(=O)N2CCN(c3ccc(C(C)=O)cc3)CC2)cc1[N+](=O)[O-]. The lowest BCUT2D eigenvalue weighted by Crippen LogP contribution is -2.48. The molecule has 1 heterocycles. The van der Waals surface area contributed by atoms with Gasteiger partial charge in [0.1, 0.15) is 0 Å². The summed E-state index contributed by atoms with van der Waals surface area (Å²) < 4.78 is 32.1. The van der Waals surface area contributed by atoms with Crippen LogP contribution in [0.5, 0.6) is 5.75 Å². The van der Waals surface area contributed by atoms with Crippen LogP contribution in [-0.4, -0.2) is 56.7 Å². The molecular weight excluding hydrogens is 398 g/mol. The van der Waals surface area contributed by atoms with Crippen molar-refractivity contribution in [1.82, 2.24) is 4.31 Å². The van der Waals surface area contributed by atoms with Crippen LogP contribution < -0.4 is 9.64 Å². The Morgan fingerprint density at radius 3 is 2.21 bits per heavy atom. The van der Waals surface area contributed by atoms with Gasteiger partial charge in [0.2, 0.25) is 10.0 Å². The zero-order valence-corrected chi connectivity index (χ0v) is 16.9. The van der Waals surface area contributed by atoms with E-state index in [1.54, 1.807) is 12.1 Å². The number of ether oxygens (including phenoxy) is 1. The number of hydrogen-bond donors (Lipinski definition) is 0. The zero-order chi connectivity index (χ0) is 21.2. The van der Waals surface area contributed by atoms with E-state index >= 15 is 0 Å². The molecule has 1 aliphatic heterocycles. The van der Waals surface area contributed by atoms with Gasteiger partial charge in [0, 0.05) is 43.5 Å². The number of anilines is 1. The molecule has 0 radical (unpaired) electrons. The average molecular weight is 419 g/mol. The van der Waals surface area contributed by atoms with E-state index in [0.29, 0.717) is 18.7 Å². The Kier molecular flexibility index (Phi) is 5.85. The summed E-state index contributed by atoms with van der Waals surface area (Å²) in [6.45, 7) is 2.93. The first-order valence-electron chi connectivity index (χ1n) is 8.92. The quantitative estimate of drug-likeness (QED) is 0.401. The summed E-state index contributed by atoms with van der Waals surface area (Å²) in [6.07, 6.45) is 0. The molecule has 0 spiro atoms. The largest absolute Gasteiger partial charge is 0.490 e. The lowest BCUT2D eigenvalue weighted by Gasteiger charge is -2.35. The van der Waals surface area contributed by atoms with Crippen molar-refractivity contribution in [3.63, 3.8) is 0 Å². The van der Waals surface area contributed by atoms with E-state index in [9.17, 15) is 23.3 Å². The van der Waals surface area contributed by atoms with Gasteiger partial charge in [0.25, 0.3) is 0 Å². The number of ketones is 1. The Labute approximate surface area is 168 Å². The molecule has 0 amide bonds. The van der Waals surface area contributed by atoms with E-state index in [-0.39, 0.29) is 29.5 Å². The number of carbonyl (C=O) groups excluding carboxylic acids is 1. The van der Waals surface area contributed by atoms with Crippen molar-refractivity contribution in [3.05, 3.63) is 58.1 Å². The highest BCUT2D eigenvalue weighted by molar-refractivity contribution is 7.89. The minimum Gasteiger partial charge on any atom is -0.490 e. The number of nitro groups is 1. The van der Waals surface area contributed by atoms with Gasteiger partial charge in [-0.1, -0.05) is 0 Å². The van der Waals surface area contributed by atoms with Gasteiger partial charge in [-0.2, -0.15) is 4.31 Å². The van der Waals surface area contributed by atoms with Crippen molar-refractivity contribution in [2.45, 2.75) is 11.8 Å². The highest BCUT2D eigenvalue weighted by atomic mass is 32.2. The molecule has 154 valence electrons. The molecule has 0 bridgehead atoms. The number of Topliss-reactive ketones (excluding diaryl/α,β-unsaturated/α-hetero) is 1. The number of rotatable bonds is 6. The van der Waals surface area contributed by atoms with E-state index in [4.69, 9.17) is 4.74 Å². The third kappa shape index (κ3) is 4.22. The second-order valence-corrected chi connectivity index (χ2v) is 8.52. The van der Waals surface area contributed by atoms with Crippen LogP contribution in [0.25, 0.3) is 0 Å². The van der Waals surface area contributed by atoms with Gasteiger partial charge in [0.15, 0.2) is 11.5 Å². The monoisotopic (exact) mass is 419 g/mol. The van der Waals surface area contributed by atoms with Crippen LogP contribution in [0.15, 0.2) is 47.4 Å². The number of methoxy groups -OCH3 is 1. The van der Waals surface area contributed by atoms with Crippen molar-refractivity contribution in [1.29, 1.82) is 0 Å². The van der Waals surface area contributed by atoms with Gasteiger partial charge in [-0.15, -0.1) is 0 Å². The number of hydrogen-bond acceptors (Lipinski definition) is 7. The lowest BCUT2D eigenvalue weighted by atomic mass is 10.1. The summed E-state index contributed by atoms with van der Waals surface area (Å²) in [5.41, 5.74) is 1.14. The van der Waals surface area contributed by atoms with Crippen molar-refractivity contribution in [2.75, 3.05) is 38.2 Å². The first-order valence-corrected chi connectivity index (χ1v) is 10.4. The maximum absolute atomic E-state index is 12.9. The second-order valence-electron chi connectivity index (χ2n) is 6.58. The third-order valence-corrected chi connectivity index (χ3v) is 6.76. The fraction of sp³-hybridized carbons (Fsp3) is 0.316. The van der Waals surface area contributed by atoms with Gasteiger partial charge in [0.05, 0.1) is 16.9 Å². The molecule has 0 unspecified atom stereocenters. The molecule has 0 aliphatic carbocycles. The number of nitrogens with zero attached hydrogens (tertiary/aromatic N) is 3. The second kappa shape index (κ2) is 8.18. The van der Waals surface area contributed by atoms with Gasteiger partial charge in [-0.05, 0) is 43.3 Å². The molecule has 0 atom stereocenters. The Bertz CT molecular complexity index is 1030. The molecule has 2 aromatic carbocycles. The smallest absolute Gasteiger partial charge is 0.312 e. The van der Waals surface area contributed by atoms with Crippen molar-refractivity contribution in [3.8, 4) is 5.75 Å². The van der Waals surface area contributed by atoms with Crippen molar-refractivity contribution >= 4 is 27.2 Å². The Morgan fingerprint density at radius 1 is 1.07 bits per heavy atom. The standard InChI is InChI=1S/C19H21N3O6S/c1-14(23)15-3-5-16(6-4-15)20-9-11-21(12-10-20)29(26,27)17-7-8-19(28-2)18(13-17)22(24)25/h3-8,13H,9-12H2,1-2H3. The Hall–Kier alpha value is -2.98. The molecule has 10 heteroatoms. The summed E-state index contributed by atoms with van der Waals surface area (Å²) in [7, 11) is -2.57. The van der Waals surface area contributed by atoms with Crippen LogP contribution in [0.4, 0.5) is 11.4 Å². The molecule has 1 saturated heterocycles. The minimum absolute atomic E-state index is 0.00720. The number of sulfonamides is 1. The first-order chi connectivity index (χ1) is 13.7. The van der Waals surface area contributed by atoms with Gasteiger partial charge in [-0.3, -0.25) is 14.9 Å².